The minimum absolute atomic E-state index is 0.185. The number of anilines is 1. The molecule has 0 atom stereocenters. The van der Waals surface area contributed by atoms with Gasteiger partial charge in [0.1, 0.15) is 6.07 Å². The monoisotopic (exact) mass is 277 g/mol. The number of rotatable bonds is 1. The van der Waals surface area contributed by atoms with Crippen LogP contribution >= 0.6 is 15.9 Å². The minimum Gasteiger partial charge on any atom is -0.397 e. The molecule has 6 heteroatoms. The summed E-state index contributed by atoms with van der Waals surface area (Å²) in [5.74, 6) is 0. The lowest BCUT2D eigenvalue weighted by atomic mass is 10.0. The Bertz CT molecular complexity index is 421. The Morgan fingerprint density at radius 2 is 2.00 bits per heavy atom. The van der Waals surface area contributed by atoms with Crippen molar-refractivity contribution in [2.75, 3.05) is 5.73 Å². The fraction of sp³-hybridized carbons (Fsp3) is 0.111. The molecule has 0 saturated heterocycles. The van der Waals surface area contributed by atoms with Crippen molar-refractivity contribution in [3.8, 4) is 6.07 Å². The molecule has 1 rings (SSSR count). The number of benzene rings is 1. The second-order valence-electron chi connectivity index (χ2n) is 2.75. The maximum Gasteiger partial charge on any atom is 0.418 e. The van der Waals surface area contributed by atoms with E-state index in [0.717, 1.165) is 6.07 Å². The molecule has 0 heterocycles. The van der Waals surface area contributed by atoms with Crippen LogP contribution in [0.4, 0.5) is 18.9 Å². The summed E-state index contributed by atoms with van der Waals surface area (Å²) in [6.07, 6.45) is -4.55. The molecule has 0 saturated carbocycles. The van der Waals surface area contributed by atoms with E-state index in [1.54, 1.807) is 6.07 Å². The molecule has 0 unspecified atom stereocenters. The van der Waals surface area contributed by atoms with Gasteiger partial charge in [0.2, 0.25) is 0 Å². The summed E-state index contributed by atoms with van der Waals surface area (Å²) >= 11 is 2.90. The van der Waals surface area contributed by atoms with E-state index >= 15 is 0 Å². The van der Waals surface area contributed by atoms with Crippen molar-refractivity contribution in [1.29, 1.82) is 5.26 Å². The van der Waals surface area contributed by atoms with Crippen LogP contribution in [-0.4, -0.2) is 0 Å². The van der Waals surface area contributed by atoms with E-state index in [9.17, 15) is 13.2 Å². The van der Waals surface area contributed by atoms with Gasteiger partial charge in [-0.25, -0.2) is 0 Å². The van der Waals surface area contributed by atoms with Gasteiger partial charge in [0.05, 0.1) is 22.1 Å². The van der Waals surface area contributed by atoms with E-state index in [2.05, 4.69) is 15.9 Å². The predicted octanol–water partition coefficient (Wildman–Crippen LogP) is 3.06. The molecule has 0 amide bonds. The molecule has 0 aliphatic carbocycles. The van der Waals surface area contributed by atoms with Gasteiger partial charge >= 0.3 is 6.18 Å². The summed E-state index contributed by atoms with van der Waals surface area (Å²) in [6.45, 7) is 0. The zero-order valence-electron chi connectivity index (χ0n) is 7.27. The lowest BCUT2D eigenvalue weighted by Crippen LogP contribution is -2.10. The van der Waals surface area contributed by atoms with E-state index in [4.69, 9.17) is 11.0 Å². The van der Waals surface area contributed by atoms with Crippen molar-refractivity contribution in [2.24, 2.45) is 0 Å². The van der Waals surface area contributed by atoms with Crippen molar-refractivity contribution in [3.63, 3.8) is 0 Å². The van der Waals surface area contributed by atoms with Crippen molar-refractivity contribution >= 4 is 21.6 Å². The van der Waals surface area contributed by atoms with Crippen molar-refractivity contribution in [2.45, 2.75) is 6.18 Å². The first-order chi connectivity index (χ1) is 6.90. The maximum atomic E-state index is 12.5. The number of nitriles is 1. The van der Waals surface area contributed by atoms with Gasteiger partial charge in [-0.3, -0.25) is 0 Å². The topological polar surface area (TPSA) is 49.8 Å². The molecule has 0 aromatic heterocycles. The van der Waals surface area contributed by atoms with Crippen molar-refractivity contribution in [1.82, 2.24) is 0 Å². The van der Waals surface area contributed by atoms with Crippen LogP contribution in [0.2, 0.25) is 0 Å². The third-order valence-electron chi connectivity index (χ3n) is 1.75. The van der Waals surface area contributed by atoms with Crippen LogP contribution < -0.4 is 5.73 Å². The van der Waals surface area contributed by atoms with Crippen LogP contribution in [0, 0.1) is 16.7 Å². The van der Waals surface area contributed by atoms with E-state index in [-0.39, 0.29) is 11.1 Å². The summed E-state index contributed by atoms with van der Waals surface area (Å²) in [5.41, 5.74) is 3.76. The molecule has 0 fully saturated rings. The first kappa shape index (κ1) is 11.9. The smallest absolute Gasteiger partial charge is 0.397 e. The fourth-order valence-corrected chi connectivity index (χ4v) is 1.33. The van der Waals surface area contributed by atoms with Gasteiger partial charge in [-0.1, -0.05) is 15.9 Å². The Kier molecular flexibility index (Phi) is 3.25. The number of hydrogen-bond donors (Lipinski definition) is 1. The number of nitrogens with two attached hydrogens (primary N) is 1. The number of nitrogens with zero attached hydrogens (tertiary/aromatic N) is 1. The molecule has 79 valence electrons. The fourth-order valence-electron chi connectivity index (χ4n) is 1.07. The average Bonchev–Trinajstić information content (AvgIpc) is 2.16. The van der Waals surface area contributed by atoms with Crippen LogP contribution in [-0.2, 0) is 6.18 Å². The standard InChI is InChI=1S/C9H5BrF3N2/c10-3-5-1-6(4-14)8(15)7(2-5)9(11,12)13/h1-3H,15H2. The Balaban J connectivity index is 3.46. The Hall–Kier alpha value is -1.22. The molecular formula is C9H5BrF3N2. The second kappa shape index (κ2) is 4.11. The number of hydrogen-bond acceptors (Lipinski definition) is 2. The molecule has 0 bridgehead atoms. The first-order valence-electron chi connectivity index (χ1n) is 3.74. The summed E-state index contributed by atoms with van der Waals surface area (Å²) in [5, 5.41) is 9.90. The third-order valence-corrected chi connectivity index (χ3v) is 2.28. The molecule has 2 N–H and O–H groups in total. The quantitative estimate of drug-likeness (QED) is 0.802. The van der Waals surface area contributed by atoms with E-state index in [1.165, 1.54) is 11.4 Å². The van der Waals surface area contributed by atoms with Crippen LogP contribution in [0.1, 0.15) is 16.7 Å². The van der Waals surface area contributed by atoms with E-state index in [1.807, 2.05) is 0 Å². The van der Waals surface area contributed by atoms with Crippen LogP contribution in [0.25, 0.3) is 0 Å². The van der Waals surface area contributed by atoms with E-state index in [0.29, 0.717) is 0 Å². The van der Waals surface area contributed by atoms with Gasteiger partial charge in [0.15, 0.2) is 0 Å². The summed E-state index contributed by atoms with van der Waals surface area (Å²) < 4.78 is 37.4. The molecule has 1 aromatic rings. The zero-order valence-corrected chi connectivity index (χ0v) is 8.85. The molecule has 15 heavy (non-hydrogen) atoms. The van der Waals surface area contributed by atoms with Gasteiger partial charge in [-0.05, 0) is 17.7 Å². The van der Waals surface area contributed by atoms with Gasteiger partial charge in [0, 0.05) is 0 Å². The van der Waals surface area contributed by atoms with Crippen LogP contribution in [0.3, 0.4) is 0 Å². The van der Waals surface area contributed by atoms with Crippen molar-refractivity contribution < 1.29 is 13.2 Å². The van der Waals surface area contributed by atoms with Crippen LogP contribution in [0.5, 0.6) is 0 Å². The highest BCUT2D eigenvalue weighted by molar-refractivity contribution is 9.10. The average molecular weight is 278 g/mol. The molecule has 0 spiro atoms. The predicted molar refractivity (Wildman–Crippen MR) is 52.9 cm³/mol. The summed E-state index contributed by atoms with van der Waals surface area (Å²) in [6, 6.07) is 3.77. The number of halogens is 4. The summed E-state index contributed by atoms with van der Waals surface area (Å²) in [7, 11) is 0. The molecule has 0 aliphatic heterocycles. The number of nitrogen functional groups attached to an aromatic ring is 1. The lowest BCUT2D eigenvalue weighted by Gasteiger charge is -2.12. The first-order valence-corrected chi connectivity index (χ1v) is 4.66. The Morgan fingerprint density at radius 1 is 1.40 bits per heavy atom. The van der Waals surface area contributed by atoms with E-state index < -0.39 is 17.4 Å². The highest BCUT2D eigenvalue weighted by atomic mass is 79.9. The minimum atomic E-state index is -4.55. The molecular weight excluding hydrogens is 273 g/mol. The largest absolute Gasteiger partial charge is 0.418 e. The Labute approximate surface area is 92.6 Å². The highest BCUT2D eigenvalue weighted by Gasteiger charge is 2.34. The third kappa shape index (κ3) is 2.42. The second-order valence-corrected chi connectivity index (χ2v) is 3.21. The summed E-state index contributed by atoms with van der Waals surface area (Å²) in [4.78, 5) is 0. The lowest BCUT2D eigenvalue weighted by molar-refractivity contribution is -0.136. The Morgan fingerprint density at radius 3 is 2.40 bits per heavy atom. The zero-order chi connectivity index (χ0) is 11.6. The SMILES string of the molecule is N#Cc1cc([CH]Br)cc(C(F)(F)F)c1N. The maximum absolute atomic E-state index is 12.5. The van der Waals surface area contributed by atoms with Crippen LogP contribution in [0.15, 0.2) is 12.1 Å². The van der Waals surface area contributed by atoms with Gasteiger partial charge in [-0.15, -0.1) is 0 Å². The number of alkyl halides is 3. The molecule has 1 aromatic carbocycles. The normalized spacial score (nSPS) is 11.1. The van der Waals surface area contributed by atoms with Gasteiger partial charge < -0.3 is 5.73 Å². The molecule has 2 nitrogen and oxygen atoms in total. The van der Waals surface area contributed by atoms with Gasteiger partial charge in [-0.2, -0.15) is 18.4 Å². The van der Waals surface area contributed by atoms with Crippen molar-refractivity contribution in [3.05, 3.63) is 34.2 Å². The molecule has 1 radical (unpaired) electrons. The van der Waals surface area contributed by atoms with Gasteiger partial charge in [0.25, 0.3) is 0 Å². The highest BCUT2D eigenvalue weighted by Crippen LogP contribution is 2.36. The molecule has 0 aliphatic rings.